The molecule has 0 radical (unpaired) electrons. The molecule has 0 spiro atoms. The van der Waals surface area contributed by atoms with Gasteiger partial charge in [-0.1, -0.05) is 0 Å². The minimum absolute atomic E-state index is 0.535. The van der Waals surface area contributed by atoms with Gasteiger partial charge in [-0.2, -0.15) is 10.3 Å². The molecule has 0 unspecified atom stereocenters. The van der Waals surface area contributed by atoms with Gasteiger partial charge in [0, 0.05) is 12.4 Å². The van der Waals surface area contributed by atoms with Crippen LogP contribution in [0.3, 0.4) is 0 Å². The first kappa shape index (κ1) is 9.04. The van der Waals surface area contributed by atoms with Crippen LogP contribution in [0.25, 0.3) is 21.4 Å². The van der Waals surface area contributed by atoms with E-state index in [0.717, 1.165) is 15.6 Å². The number of tetrazole rings is 1. The summed E-state index contributed by atoms with van der Waals surface area (Å²) in [6.07, 6.45) is 3.32. The Balaban J connectivity index is 2.00. The van der Waals surface area contributed by atoms with Crippen molar-refractivity contribution in [2.75, 3.05) is 0 Å². The molecule has 0 aliphatic heterocycles. The lowest BCUT2D eigenvalue weighted by Crippen LogP contribution is -1.83. The quantitative estimate of drug-likeness (QED) is 0.700. The minimum atomic E-state index is 0.535. The van der Waals surface area contributed by atoms with E-state index < -0.39 is 0 Å². The topological polar surface area (TPSA) is 93.1 Å². The highest BCUT2D eigenvalue weighted by Gasteiger charge is 2.10. The first-order chi connectivity index (χ1) is 7.93. The van der Waals surface area contributed by atoms with E-state index in [1.165, 1.54) is 11.3 Å². The molecule has 78 valence electrons. The number of aromatic nitrogens is 7. The van der Waals surface area contributed by atoms with Crippen molar-refractivity contribution in [3.63, 3.8) is 0 Å². The van der Waals surface area contributed by atoms with Crippen LogP contribution in [0.15, 0.2) is 24.5 Å². The molecule has 0 amide bonds. The summed E-state index contributed by atoms with van der Waals surface area (Å²) in [5.74, 6) is 0.535. The normalized spacial score (nSPS) is 10.5. The van der Waals surface area contributed by atoms with Crippen LogP contribution in [0.2, 0.25) is 0 Å². The van der Waals surface area contributed by atoms with E-state index in [2.05, 4.69) is 35.8 Å². The minimum Gasteiger partial charge on any atom is -0.242 e. The Labute approximate surface area is 93.6 Å². The van der Waals surface area contributed by atoms with Gasteiger partial charge in [-0.25, -0.2) is 4.98 Å². The van der Waals surface area contributed by atoms with Gasteiger partial charge in [-0.3, -0.25) is 0 Å². The average molecular weight is 231 g/mol. The zero-order valence-corrected chi connectivity index (χ0v) is 8.72. The second-order valence-electron chi connectivity index (χ2n) is 2.87. The van der Waals surface area contributed by atoms with E-state index in [1.54, 1.807) is 12.4 Å². The van der Waals surface area contributed by atoms with Crippen molar-refractivity contribution >= 4 is 11.3 Å². The van der Waals surface area contributed by atoms with Crippen LogP contribution in [0.4, 0.5) is 0 Å². The number of rotatable bonds is 2. The maximum Gasteiger partial charge on any atom is 0.216 e. The van der Waals surface area contributed by atoms with Gasteiger partial charge in [-0.05, 0) is 17.3 Å². The van der Waals surface area contributed by atoms with Crippen LogP contribution in [-0.4, -0.2) is 35.8 Å². The van der Waals surface area contributed by atoms with E-state index in [4.69, 9.17) is 0 Å². The van der Waals surface area contributed by atoms with Gasteiger partial charge in [0.25, 0.3) is 0 Å². The summed E-state index contributed by atoms with van der Waals surface area (Å²) in [5, 5.41) is 22.2. The predicted molar refractivity (Wildman–Crippen MR) is 56.3 cm³/mol. The van der Waals surface area contributed by atoms with Gasteiger partial charge in [-0.15, -0.1) is 26.6 Å². The van der Waals surface area contributed by atoms with Gasteiger partial charge in [0.1, 0.15) is 10.7 Å². The van der Waals surface area contributed by atoms with Crippen LogP contribution in [-0.2, 0) is 0 Å². The molecule has 0 aliphatic carbocycles. The maximum atomic E-state index is 4.24. The molecule has 1 N–H and O–H groups in total. The van der Waals surface area contributed by atoms with Crippen molar-refractivity contribution in [3.8, 4) is 21.4 Å². The number of H-pyrrole nitrogens is 1. The Morgan fingerprint density at radius 3 is 3.00 bits per heavy atom. The van der Waals surface area contributed by atoms with E-state index in [1.807, 2.05) is 12.1 Å². The van der Waals surface area contributed by atoms with E-state index in [-0.39, 0.29) is 0 Å². The van der Waals surface area contributed by atoms with Gasteiger partial charge >= 0.3 is 0 Å². The first-order valence-electron chi connectivity index (χ1n) is 4.41. The number of hydrogen-bond acceptors (Lipinski definition) is 7. The van der Waals surface area contributed by atoms with E-state index >= 15 is 0 Å². The molecular formula is C8H5N7S. The van der Waals surface area contributed by atoms with Crippen molar-refractivity contribution in [3.05, 3.63) is 24.5 Å². The van der Waals surface area contributed by atoms with Crippen LogP contribution in [0.1, 0.15) is 0 Å². The lowest BCUT2D eigenvalue weighted by molar-refractivity contribution is 0.881. The SMILES string of the molecule is c1cnnc(-c2ncc(-c3nn[nH]n3)s2)c1. The molecule has 7 nitrogen and oxygen atoms in total. The van der Waals surface area contributed by atoms with Crippen molar-refractivity contribution in [1.82, 2.24) is 35.8 Å². The van der Waals surface area contributed by atoms with Crippen molar-refractivity contribution in [2.24, 2.45) is 0 Å². The summed E-state index contributed by atoms with van der Waals surface area (Å²) >= 11 is 1.45. The zero-order valence-electron chi connectivity index (χ0n) is 7.90. The van der Waals surface area contributed by atoms with Crippen molar-refractivity contribution in [2.45, 2.75) is 0 Å². The predicted octanol–water partition coefficient (Wildman–Crippen LogP) is 0.780. The Morgan fingerprint density at radius 2 is 2.25 bits per heavy atom. The Morgan fingerprint density at radius 1 is 1.25 bits per heavy atom. The third-order valence-electron chi connectivity index (χ3n) is 1.86. The average Bonchev–Trinajstić information content (AvgIpc) is 3.01. The number of aromatic amines is 1. The standard InChI is InChI=1S/C8H5N7S/c1-2-5(11-10-3-1)8-9-4-6(16-8)7-12-14-15-13-7/h1-4H,(H,12,13,14,15). The second-order valence-corrected chi connectivity index (χ2v) is 3.90. The van der Waals surface area contributed by atoms with Crippen molar-refractivity contribution in [1.29, 1.82) is 0 Å². The monoisotopic (exact) mass is 231 g/mol. The van der Waals surface area contributed by atoms with Crippen LogP contribution < -0.4 is 0 Å². The molecule has 0 fully saturated rings. The van der Waals surface area contributed by atoms with Crippen molar-refractivity contribution < 1.29 is 0 Å². The second kappa shape index (κ2) is 3.74. The fraction of sp³-hybridized carbons (Fsp3) is 0. The molecule has 3 aromatic rings. The molecule has 3 aromatic heterocycles. The maximum absolute atomic E-state index is 4.24. The van der Waals surface area contributed by atoms with Gasteiger partial charge in [0.15, 0.2) is 0 Å². The third-order valence-corrected chi connectivity index (χ3v) is 2.88. The van der Waals surface area contributed by atoms with Gasteiger partial charge < -0.3 is 0 Å². The fourth-order valence-electron chi connectivity index (χ4n) is 1.18. The molecule has 3 rings (SSSR count). The highest BCUT2D eigenvalue weighted by Crippen LogP contribution is 2.27. The number of nitrogens with one attached hydrogen (secondary N) is 1. The molecule has 0 atom stereocenters. The Bertz CT molecular complexity index is 573. The third kappa shape index (κ3) is 1.54. The highest BCUT2D eigenvalue weighted by atomic mass is 32.1. The summed E-state index contributed by atoms with van der Waals surface area (Å²) in [7, 11) is 0. The summed E-state index contributed by atoms with van der Waals surface area (Å²) in [6, 6.07) is 3.67. The number of thiazole rings is 1. The lowest BCUT2D eigenvalue weighted by Gasteiger charge is -1.90. The molecule has 0 aromatic carbocycles. The molecule has 0 saturated heterocycles. The molecular weight excluding hydrogens is 226 g/mol. The molecule has 0 bridgehead atoms. The fourth-order valence-corrected chi connectivity index (χ4v) is 1.99. The van der Waals surface area contributed by atoms with Crippen LogP contribution >= 0.6 is 11.3 Å². The van der Waals surface area contributed by atoms with Gasteiger partial charge in [0.05, 0.1) is 4.88 Å². The number of hydrogen-bond donors (Lipinski definition) is 1. The largest absolute Gasteiger partial charge is 0.242 e. The highest BCUT2D eigenvalue weighted by molar-refractivity contribution is 7.18. The van der Waals surface area contributed by atoms with Crippen LogP contribution in [0.5, 0.6) is 0 Å². The zero-order chi connectivity index (χ0) is 10.8. The van der Waals surface area contributed by atoms with E-state index in [9.17, 15) is 0 Å². The molecule has 8 heteroatoms. The molecule has 0 aliphatic rings. The molecule has 16 heavy (non-hydrogen) atoms. The molecule has 3 heterocycles. The Hall–Kier alpha value is -2.22. The first-order valence-corrected chi connectivity index (χ1v) is 5.23. The molecule has 0 saturated carbocycles. The summed E-state index contributed by atoms with van der Waals surface area (Å²) < 4.78 is 0. The van der Waals surface area contributed by atoms with Gasteiger partial charge in [0.2, 0.25) is 5.82 Å². The summed E-state index contributed by atoms with van der Waals surface area (Å²) in [4.78, 5) is 5.08. The Kier molecular flexibility index (Phi) is 2.11. The summed E-state index contributed by atoms with van der Waals surface area (Å²) in [6.45, 7) is 0. The summed E-state index contributed by atoms with van der Waals surface area (Å²) in [5.41, 5.74) is 0.738. The van der Waals surface area contributed by atoms with Crippen LogP contribution in [0, 0.1) is 0 Å². The number of nitrogens with zero attached hydrogens (tertiary/aromatic N) is 6. The van der Waals surface area contributed by atoms with E-state index in [0.29, 0.717) is 5.82 Å². The smallest absolute Gasteiger partial charge is 0.216 e. The lowest BCUT2D eigenvalue weighted by atomic mass is 10.4.